The lowest BCUT2D eigenvalue weighted by Crippen LogP contribution is -2.26. The third-order valence-electron chi connectivity index (χ3n) is 3.37. The number of hydrogen-bond acceptors (Lipinski definition) is 6. The van der Waals surface area contributed by atoms with Gasteiger partial charge in [0.15, 0.2) is 0 Å². The topological polar surface area (TPSA) is 122 Å². The van der Waals surface area contributed by atoms with Gasteiger partial charge in [0, 0.05) is 42.0 Å². The molecular weight excluding hydrogens is 346 g/mol. The summed E-state index contributed by atoms with van der Waals surface area (Å²) in [5.74, 6) is -1.56. The number of nitrogens with one attached hydrogen (secondary N) is 1. The Morgan fingerprint density at radius 3 is 2.56 bits per heavy atom. The first-order valence-electron chi connectivity index (χ1n) is 7.53. The predicted octanol–water partition coefficient (Wildman–Crippen LogP) is 2.85. The summed E-state index contributed by atoms with van der Waals surface area (Å²) in [6.45, 7) is 4.39. The maximum atomic E-state index is 12.2. The van der Waals surface area contributed by atoms with Crippen LogP contribution in [0.2, 0.25) is 0 Å². The molecule has 0 aliphatic heterocycles. The molecular formula is C16H17N3O5S. The molecule has 1 heterocycles. The summed E-state index contributed by atoms with van der Waals surface area (Å²) in [4.78, 5) is 37.8. The van der Waals surface area contributed by atoms with Crippen LogP contribution in [0.4, 0.5) is 5.69 Å². The summed E-state index contributed by atoms with van der Waals surface area (Å²) < 4.78 is 0. The van der Waals surface area contributed by atoms with Crippen molar-refractivity contribution in [2.24, 2.45) is 0 Å². The van der Waals surface area contributed by atoms with Gasteiger partial charge in [-0.05, 0) is 6.07 Å². The molecule has 1 aromatic carbocycles. The van der Waals surface area contributed by atoms with E-state index in [-0.39, 0.29) is 11.1 Å². The number of thiazole rings is 1. The maximum Gasteiger partial charge on any atom is 0.335 e. The van der Waals surface area contributed by atoms with Crippen LogP contribution in [0, 0.1) is 10.1 Å². The van der Waals surface area contributed by atoms with E-state index >= 15 is 0 Å². The van der Waals surface area contributed by atoms with Crippen LogP contribution < -0.4 is 5.32 Å². The second-order valence-electron chi connectivity index (χ2n) is 5.67. The summed E-state index contributed by atoms with van der Waals surface area (Å²) in [6.07, 6.45) is 0.523. The zero-order valence-corrected chi connectivity index (χ0v) is 14.5. The lowest BCUT2D eigenvalue weighted by atomic mass is 10.1. The van der Waals surface area contributed by atoms with Gasteiger partial charge in [0.1, 0.15) is 0 Å². The predicted molar refractivity (Wildman–Crippen MR) is 92.3 cm³/mol. The Morgan fingerprint density at radius 1 is 1.32 bits per heavy atom. The van der Waals surface area contributed by atoms with Crippen LogP contribution in [0.5, 0.6) is 0 Å². The van der Waals surface area contributed by atoms with E-state index in [4.69, 9.17) is 5.11 Å². The van der Waals surface area contributed by atoms with E-state index in [1.54, 1.807) is 11.3 Å². The average molecular weight is 363 g/mol. The number of hydrogen-bond donors (Lipinski definition) is 2. The lowest BCUT2D eigenvalue weighted by molar-refractivity contribution is -0.384. The third kappa shape index (κ3) is 4.83. The van der Waals surface area contributed by atoms with Crippen LogP contribution in [-0.2, 0) is 6.42 Å². The molecule has 0 unspecified atom stereocenters. The number of non-ortho nitro benzene ring substituents is 1. The average Bonchev–Trinajstić information content (AvgIpc) is 3.03. The highest BCUT2D eigenvalue weighted by molar-refractivity contribution is 7.09. The Morgan fingerprint density at radius 2 is 2.00 bits per heavy atom. The third-order valence-corrected chi connectivity index (χ3v) is 4.56. The number of benzene rings is 1. The van der Waals surface area contributed by atoms with Gasteiger partial charge in [0.05, 0.1) is 21.2 Å². The highest BCUT2D eigenvalue weighted by atomic mass is 32.1. The first kappa shape index (κ1) is 18.5. The first-order valence-corrected chi connectivity index (χ1v) is 8.41. The first-order chi connectivity index (χ1) is 11.8. The molecule has 0 atom stereocenters. The van der Waals surface area contributed by atoms with E-state index in [1.807, 2.05) is 19.2 Å². The number of aromatic nitrogens is 1. The number of carbonyl (C=O) groups is 2. The number of carboxylic acid groups (broad SMARTS) is 1. The maximum absolute atomic E-state index is 12.2. The molecule has 9 heteroatoms. The molecule has 0 saturated heterocycles. The summed E-state index contributed by atoms with van der Waals surface area (Å²) in [7, 11) is 0. The fourth-order valence-corrected chi connectivity index (χ4v) is 2.95. The van der Waals surface area contributed by atoms with Crippen molar-refractivity contribution in [3.8, 4) is 0 Å². The minimum atomic E-state index is -1.33. The van der Waals surface area contributed by atoms with Crippen LogP contribution in [-0.4, -0.2) is 33.4 Å². The van der Waals surface area contributed by atoms with Crippen LogP contribution in [0.25, 0.3) is 0 Å². The highest BCUT2D eigenvalue weighted by Crippen LogP contribution is 2.19. The largest absolute Gasteiger partial charge is 0.478 e. The summed E-state index contributed by atoms with van der Waals surface area (Å²) in [5, 5.41) is 25.5. The van der Waals surface area contributed by atoms with Crippen molar-refractivity contribution in [3.05, 3.63) is 55.5 Å². The zero-order valence-electron chi connectivity index (χ0n) is 13.7. The number of nitro benzene ring substituents is 1. The molecule has 8 nitrogen and oxygen atoms in total. The summed E-state index contributed by atoms with van der Waals surface area (Å²) in [6, 6.07) is 3.09. The van der Waals surface area contributed by atoms with Gasteiger partial charge < -0.3 is 10.4 Å². The molecule has 2 N–H and O–H groups in total. The summed E-state index contributed by atoms with van der Waals surface area (Å²) in [5.41, 5.74) is 0.0542. The van der Waals surface area contributed by atoms with Crippen molar-refractivity contribution in [2.45, 2.75) is 26.2 Å². The Balaban J connectivity index is 2.04. The molecule has 0 aliphatic rings. The van der Waals surface area contributed by atoms with E-state index in [0.29, 0.717) is 18.9 Å². The fourth-order valence-electron chi connectivity index (χ4n) is 2.08. The molecule has 0 bridgehead atoms. The molecule has 0 spiro atoms. The fraction of sp³-hybridized carbons (Fsp3) is 0.312. The van der Waals surface area contributed by atoms with E-state index in [9.17, 15) is 19.7 Å². The quantitative estimate of drug-likeness (QED) is 0.576. The molecule has 2 aromatic rings. The van der Waals surface area contributed by atoms with Crippen LogP contribution in [0.15, 0.2) is 23.6 Å². The van der Waals surface area contributed by atoms with Crippen molar-refractivity contribution in [3.63, 3.8) is 0 Å². The standard InChI is InChI=1S/C16H17N3O5S/c1-9(2)15-18-12(8-25-15)3-4-17-14(20)10-5-11(16(21)22)7-13(6-10)19(23)24/h5-9H,3-4H2,1-2H3,(H,17,20)(H,21,22). The smallest absolute Gasteiger partial charge is 0.335 e. The monoisotopic (exact) mass is 363 g/mol. The van der Waals surface area contributed by atoms with Gasteiger partial charge in [0.2, 0.25) is 0 Å². The Bertz CT molecular complexity index is 784. The van der Waals surface area contributed by atoms with Gasteiger partial charge in [-0.25, -0.2) is 9.78 Å². The number of nitro groups is 1. The van der Waals surface area contributed by atoms with Crippen molar-refractivity contribution in [1.82, 2.24) is 10.3 Å². The normalized spacial score (nSPS) is 10.7. The van der Waals surface area contributed by atoms with Crippen LogP contribution in [0.1, 0.15) is 51.2 Å². The van der Waals surface area contributed by atoms with Gasteiger partial charge in [-0.15, -0.1) is 11.3 Å². The number of rotatable bonds is 7. The van der Waals surface area contributed by atoms with E-state index in [0.717, 1.165) is 28.9 Å². The van der Waals surface area contributed by atoms with Gasteiger partial charge >= 0.3 is 5.97 Å². The van der Waals surface area contributed by atoms with E-state index < -0.39 is 22.5 Å². The number of carboxylic acids is 1. The minimum Gasteiger partial charge on any atom is -0.478 e. The molecule has 0 saturated carbocycles. The van der Waals surface area contributed by atoms with Crippen LogP contribution in [0.3, 0.4) is 0 Å². The molecule has 0 fully saturated rings. The number of carbonyl (C=O) groups excluding carboxylic acids is 1. The SMILES string of the molecule is CC(C)c1nc(CCNC(=O)c2cc(C(=O)O)cc([N+](=O)[O-])c2)cs1. The Kier molecular flexibility index (Phi) is 5.81. The van der Waals surface area contributed by atoms with Crippen molar-refractivity contribution >= 4 is 28.9 Å². The molecule has 0 aliphatic carbocycles. The van der Waals surface area contributed by atoms with Gasteiger partial charge in [-0.2, -0.15) is 0 Å². The zero-order chi connectivity index (χ0) is 18.6. The van der Waals surface area contributed by atoms with Crippen molar-refractivity contribution in [1.29, 1.82) is 0 Å². The van der Waals surface area contributed by atoms with Gasteiger partial charge in [-0.3, -0.25) is 14.9 Å². The lowest BCUT2D eigenvalue weighted by Gasteiger charge is -2.05. The highest BCUT2D eigenvalue weighted by Gasteiger charge is 2.17. The Labute approximate surface area is 147 Å². The van der Waals surface area contributed by atoms with E-state index in [2.05, 4.69) is 10.3 Å². The molecule has 2 rings (SSSR count). The minimum absolute atomic E-state index is 0.0623. The molecule has 1 aromatic heterocycles. The molecule has 0 radical (unpaired) electrons. The molecule has 1 amide bonds. The second-order valence-corrected chi connectivity index (χ2v) is 6.56. The number of nitrogens with zero attached hydrogens (tertiary/aromatic N) is 2. The van der Waals surface area contributed by atoms with E-state index in [1.165, 1.54) is 0 Å². The van der Waals surface area contributed by atoms with Crippen molar-refractivity contribution < 1.29 is 19.6 Å². The van der Waals surface area contributed by atoms with Gasteiger partial charge in [0.25, 0.3) is 11.6 Å². The molecule has 132 valence electrons. The van der Waals surface area contributed by atoms with Gasteiger partial charge in [-0.1, -0.05) is 13.8 Å². The summed E-state index contributed by atoms with van der Waals surface area (Å²) >= 11 is 1.56. The number of aromatic carboxylic acids is 1. The van der Waals surface area contributed by atoms with Crippen LogP contribution >= 0.6 is 11.3 Å². The second kappa shape index (κ2) is 7.84. The number of amides is 1. The Hall–Kier alpha value is -2.81. The van der Waals surface area contributed by atoms with Crippen molar-refractivity contribution in [2.75, 3.05) is 6.54 Å². The molecule has 25 heavy (non-hydrogen) atoms.